The number of rotatable bonds is 5. The molecular weight excluding hydrogens is 392 g/mol. The topological polar surface area (TPSA) is 113 Å². The van der Waals surface area contributed by atoms with Crippen LogP contribution < -0.4 is 4.90 Å². The summed E-state index contributed by atoms with van der Waals surface area (Å²) in [7, 11) is -3.13. The highest BCUT2D eigenvalue weighted by atomic mass is 32.2. The van der Waals surface area contributed by atoms with Crippen molar-refractivity contribution in [2.24, 2.45) is 4.99 Å². The molecule has 0 radical (unpaired) electrons. The Morgan fingerprint density at radius 1 is 1.26 bits per heavy atom. The largest absolute Gasteiger partial charge is 0.480 e. The molecule has 0 spiro atoms. The van der Waals surface area contributed by atoms with E-state index in [1.165, 1.54) is 11.8 Å². The first-order valence-corrected chi connectivity index (χ1v) is 11.0. The van der Waals surface area contributed by atoms with E-state index in [-0.39, 0.29) is 22.8 Å². The van der Waals surface area contributed by atoms with E-state index in [4.69, 9.17) is 9.84 Å². The SMILES string of the molecule is Cc1ccc(N2C(=NC(=O)COCC(=O)O)SC3CS(=O)(=O)CC32)cc1C. The van der Waals surface area contributed by atoms with Gasteiger partial charge in [0.1, 0.15) is 13.2 Å². The van der Waals surface area contributed by atoms with Crippen LogP contribution in [0.4, 0.5) is 5.69 Å². The summed E-state index contributed by atoms with van der Waals surface area (Å²) in [6, 6.07) is 5.50. The number of aliphatic imine (C=N–C) groups is 1. The van der Waals surface area contributed by atoms with Gasteiger partial charge in [-0.15, -0.1) is 0 Å². The molecule has 2 unspecified atom stereocenters. The highest BCUT2D eigenvalue weighted by molar-refractivity contribution is 8.16. The Balaban J connectivity index is 1.88. The van der Waals surface area contributed by atoms with Crippen molar-refractivity contribution in [3.05, 3.63) is 29.3 Å². The molecule has 0 aromatic heterocycles. The van der Waals surface area contributed by atoms with Crippen LogP contribution in [0.1, 0.15) is 11.1 Å². The highest BCUT2D eigenvalue weighted by Crippen LogP contribution is 2.41. The maximum Gasteiger partial charge on any atom is 0.329 e. The van der Waals surface area contributed by atoms with Gasteiger partial charge in [-0.25, -0.2) is 13.2 Å². The van der Waals surface area contributed by atoms with Gasteiger partial charge >= 0.3 is 5.97 Å². The van der Waals surface area contributed by atoms with E-state index in [1.54, 1.807) is 4.90 Å². The van der Waals surface area contributed by atoms with Crippen molar-refractivity contribution in [1.82, 2.24) is 0 Å². The van der Waals surface area contributed by atoms with Crippen molar-refractivity contribution >= 4 is 44.3 Å². The summed E-state index contributed by atoms with van der Waals surface area (Å²) in [5.41, 5.74) is 2.95. The standard InChI is InChI=1S/C17H20N2O6S2/c1-10-3-4-12(5-11(10)2)19-13-8-27(23,24)9-14(13)26-17(19)18-15(20)6-25-7-16(21)22/h3-5,13-14H,6-9H2,1-2H3,(H,21,22). The quantitative estimate of drug-likeness (QED) is 0.762. The number of nitrogens with zero attached hydrogens (tertiary/aromatic N) is 2. The van der Waals surface area contributed by atoms with Gasteiger partial charge in [-0.1, -0.05) is 17.8 Å². The second-order valence-electron chi connectivity index (χ2n) is 6.61. The molecule has 1 amide bonds. The summed E-state index contributed by atoms with van der Waals surface area (Å²) in [5, 5.41) is 8.80. The average molecular weight is 412 g/mol. The number of thioether (sulfide) groups is 1. The van der Waals surface area contributed by atoms with Crippen molar-refractivity contribution in [2.45, 2.75) is 25.1 Å². The maximum atomic E-state index is 12.1. The number of anilines is 1. The van der Waals surface area contributed by atoms with Crippen LogP contribution in [0.5, 0.6) is 0 Å². The number of fused-ring (bicyclic) bond motifs is 1. The van der Waals surface area contributed by atoms with E-state index < -0.39 is 34.9 Å². The van der Waals surface area contributed by atoms with Crippen molar-refractivity contribution in [3.63, 3.8) is 0 Å². The number of hydrogen-bond donors (Lipinski definition) is 1. The maximum absolute atomic E-state index is 12.1. The lowest BCUT2D eigenvalue weighted by Crippen LogP contribution is -2.37. The Morgan fingerprint density at radius 3 is 2.67 bits per heavy atom. The summed E-state index contributed by atoms with van der Waals surface area (Å²) in [4.78, 5) is 28.4. The number of aryl methyl sites for hydroxylation is 2. The predicted molar refractivity (Wildman–Crippen MR) is 103 cm³/mol. The van der Waals surface area contributed by atoms with E-state index in [0.29, 0.717) is 5.17 Å². The number of carboxylic acids is 1. The van der Waals surface area contributed by atoms with Crippen LogP contribution in [0.2, 0.25) is 0 Å². The van der Waals surface area contributed by atoms with Crippen molar-refractivity contribution in [3.8, 4) is 0 Å². The van der Waals surface area contributed by atoms with Crippen LogP contribution in [-0.2, 0) is 24.2 Å². The fourth-order valence-electron chi connectivity index (χ4n) is 3.11. The molecule has 2 fully saturated rings. The molecule has 1 aromatic carbocycles. The Morgan fingerprint density at radius 2 is 2.00 bits per heavy atom. The summed E-state index contributed by atoms with van der Waals surface area (Å²) >= 11 is 1.27. The number of amides is 1. The van der Waals surface area contributed by atoms with E-state index in [2.05, 4.69) is 4.99 Å². The Hall–Kier alpha value is -1.91. The van der Waals surface area contributed by atoms with Crippen LogP contribution in [-0.4, -0.2) is 66.6 Å². The first-order chi connectivity index (χ1) is 12.7. The van der Waals surface area contributed by atoms with Gasteiger partial charge in [-0.2, -0.15) is 4.99 Å². The lowest BCUT2D eigenvalue weighted by atomic mass is 10.1. The molecule has 1 aromatic rings. The number of carbonyl (C=O) groups excluding carboxylic acids is 1. The molecule has 2 atom stereocenters. The number of amidine groups is 1. The molecule has 0 saturated carbocycles. The average Bonchev–Trinajstić information content (AvgIpc) is 3.00. The van der Waals surface area contributed by atoms with Gasteiger partial charge in [-0.05, 0) is 37.1 Å². The second kappa shape index (κ2) is 7.61. The van der Waals surface area contributed by atoms with Crippen LogP contribution in [0, 0.1) is 13.8 Å². The van der Waals surface area contributed by atoms with E-state index in [0.717, 1.165) is 16.8 Å². The molecule has 0 bridgehead atoms. The fraction of sp³-hybridized carbons (Fsp3) is 0.471. The third-order valence-electron chi connectivity index (χ3n) is 4.51. The van der Waals surface area contributed by atoms with Crippen LogP contribution in [0.25, 0.3) is 0 Å². The van der Waals surface area contributed by atoms with Gasteiger partial charge in [-0.3, -0.25) is 4.79 Å². The van der Waals surface area contributed by atoms with Gasteiger partial charge in [0.2, 0.25) is 0 Å². The van der Waals surface area contributed by atoms with Gasteiger partial charge < -0.3 is 14.7 Å². The summed E-state index contributed by atoms with van der Waals surface area (Å²) in [5.74, 6) is -1.70. The lowest BCUT2D eigenvalue weighted by molar-refractivity contribution is -0.143. The monoisotopic (exact) mass is 412 g/mol. The smallest absolute Gasteiger partial charge is 0.329 e. The number of sulfone groups is 1. The number of ether oxygens (including phenoxy) is 1. The van der Waals surface area contributed by atoms with Crippen LogP contribution >= 0.6 is 11.8 Å². The molecule has 1 N–H and O–H groups in total. The lowest BCUT2D eigenvalue weighted by Gasteiger charge is -2.25. The van der Waals surface area contributed by atoms with E-state index in [9.17, 15) is 18.0 Å². The zero-order chi connectivity index (χ0) is 19.8. The number of hydrogen-bond acceptors (Lipinski definition) is 6. The number of aliphatic carboxylic acids is 1. The minimum Gasteiger partial charge on any atom is -0.480 e. The Labute approximate surface area is 161 Å². The first kappa shape index (κ1) is 19.8. The Bertz CT molecular complexity index is 912. The van der Waals surface area contributed by atoms with E-state index >= 15 is 0 Å². The molecule has 146 valence electrons. The Kier molecular flexibility index (Phi) is 5.59. The van der Waals surface area contributed by atoms with Crippen LogP contribution in [0.15, 0.2) is 23.2 Å². The molecule has 2 heterocycles. The number of carbonyl (C=O) groups is 2. The molecule has 8 nitrogen and oxygen atoms in total. The molecule has 2 aliphatic heterocycles. The number of benzene rings is 1. The zero-order valence-electron chi connectivity index (χ0n) is 14.9. The first-order valence-electron chi connectivity index (χ1n) is 8.31. The van der Waals surface area contributed by atoms with Crippen molar-refractivity contribution in [1.29, 1.82) is 0 Å². The highest BCUT2D eigenvalue weighted by Gasteiger charge is 2.49. The van der Waals surface area contributed by atoms with Gasteiger partial charge in [0.05, 0.1) is 17.5 Å². The molecule has 0 aliphatic carbocycles. The predicted octanol–water partition coefficient (Wildman–Crippen LogP) is 1.01. The molecule has 10 heteroatoms. The molecule has 2 aliphatic rings. The normalized spacial score (nSPS) is 25.0. The molecular formula is C17H20N2O6S2. The third kappa shape index (κ3) is 4.50. The zero-order valence-corrected chi connectivity index (χ0v) is 16.5. The van der Waals surface area contributed by atoms with Crippen molar-refractivity contribution in [2.75, 3.05) is 29.6 Å². The minimum atomic E-state index is -3.13. The molecule has 3 rings (SSSR count). The number of carboxylic acid groups (broad SMARTS) is 1. The molecule has 27 heavy (non-hydrogen) atoms. The van der Waals surface area contributed by atoms with Crippen molar-refractivity contribution < 1.29 is 27.9 Å². The van der Waals surface area contributed by atoms with Crippen LogP contribution in [0.3, 0.4) is 0 Å². The molecule has 2 saturated heterocycles. The summed E-state index contributed by atoms with van der Waals surface area (Å²) in [6.45, 7) is 2.94. The third-order valence-corrected chi connectivity index (χ3v) is 7.72. The van der Waals surface area contributed by atoms with E-state index in [1.807, 2.05) is 32.0 Å². The fourth-order valence-corrected chi connectivity index (χ4v) is 7.04. The summed E-state index contributed by atoms with van der Waals surface area (Å²) < 4.78 is 28.9. The van der Waals surface area contributed by atoms with Gasteiger partial charge in [0, 0.05) is 10.9 Å². The van der Waals surface area contributed by atoms with Gasteiger partial charge in [0.15, 0.2) is 15.0 Å². The minimum absolute atomic E-state index is 0.0142. The second-order valence-corrected chi connectivity index (χ2v) is 9.97. The van der Waals surface area contributed by atoms with Gasteiger partial charge in [0.25, 0.3) is 5.91 Å². The summed E-state index contributed by atoms with van der Waals surface area (Å²) in [6.07, 6.45) is 0.